The van der Waals surface area contributed by atoms with Crippen LogP contribution in [0.1, 0.15) is 19.8 Å². The fourth-order valence-corrected chi connectivity index (χ4v) is 2.09. The summed E-state index contributed by atoms with van der Waals surface area (Å²) in [5.41, 5.74) is 0. The van der Waals surface area contributed by atoms with Gasteiger partial charge in [0.2, 0.25) is 5.91 Å². The van der Waals surface area contributed by atoms with Crippen LogP contribution in [0.4, 0.5) is 4.39 Å². The molecule has 1 fully saturated rings. The molecule has 4 nitrogen and oxygen atoms in total. The van der Waals surface area contributed by atoms with Gasteiger partial charge in [-0.2, -0.15) is 0 Å². The molecular weight excluding hydrogens is 235 g/mol. The zero-order valence-corrected chi connectivity index (χ0v) is 10.3. The third-order valence-electron chi connectivity index (χ3n) is 2.85. The van der Waals surface area contributed by atoms with Crippen LogP contribution in [-0.2, 0) is 4.79 Å². The van der Waals surface area contributed by atoms with Crippen LogP contribution < -0.4 is 15.4 Å². The summed E-state index contributed by atoms with van der Waals surface area (Å²) in [7, 11) is 0. The third-order valence-corrected chi connectivity index (χ3v) is 2.85. The molecular formula is C13H17FN2O2. The molecule has 2 unspecified atom stereocenters. The molecule has 0 radical (unpaired) electrons. The molecule has 2 rings (SSSR count). The lowest BCUT2D eigenvalue weighted by Crippen LogP contribution is -2.49. The van der Waals surface area contributed by atoms with Gasteiger partial charge in [-0.25, -0.2) is 4.39 Å². The van der Waals surface area contributed by atoms with E-state index in [1.54, 1.807) is 12.1 Å². The van der Waals surface area contributed by atoms with E-state index in [4.69, 9.17) is 4.74 Å². The summed E-state index contributed by atoms with van der Waals surface area (Å²) in [6.07, 6.45) is 1.36. The van der Waals surface area contributed by atoms with Crippen LogP contribution in [0, 0.1) is 5.82 Å². The number of benzene rings is 1. The summed E-state index contributed by atoms with van der Waals surface area (Å²) >= 11 is 0. The highest BCUT2D eigenvalue weighted by molar-refractivity contribution is 5.73. The number of amides is 1. The van der Waals surface area contributed by atoms with Crippen LogP contribution in [0.15, 0.2) is 24.3 Å². The Bertz CT molecular complexity index is 425. The molecule has 98 valence electrons. The quantitative estimate of drug-likeness (QED) is 0.855. The van der Waals surface area contributed by atoms with Gasteiger partial charge < -0.3 is 10.1 Å². The molecule has 0 aromatic heterocycles. The molecule has 0 spiro atoms. The largest absolute Gasteiger partial charge is 0.475 e. The number of ether oxygens (including phenoxy) is 1. The average Bonchev–Trinajstić information content (AvgIpc) is 2.28. The molecule has 2 atom stereocenters. The fraction of sp³-hybridized carbons (Fsp3) is 0.462. The summed E-state index contributed by atoms with van der Waals surface area (Å²) in [6, 6.07) is 6.17. The minimum atomic E-state index is -0.318. The Morgan fingerprint density at radius 1 is 1.56 bits per heavy atom. The molecule has 18 heavy (non-hydrogen) atoms. The average molecular weight is 252 g/mol. The standard InChI is InChI=1S/C13H17FN2O2/c1-9(17)16-11-5-6-15-13(8-11)18-12-4-2-3-10(14)7-12/h2-4,7,11,13,15H,5-6,8H2,1H3,(H,16,17). The van der Waals surface area contributed by atoms with Gasteiger partial charge in [0.25, 0.3) is 0 Å². The van der Waals surface area contributed by atoms with Gasteiger partial charge in [-0.3, -0.25) is 10.1 Å². The van der Waals surface area contributed by atoms with Gasteiger partial charge in [0.1, 0.15) is 11.6 Å². The van der Waals surface area contributed by atoms with Crippen molar-refractivity contribution < 1.29 is 13.9 Å². The van der Waals surface area contributed by atoms with Crippen LogP contribution >= 0.6 is 0 Å². The molecule has 2 N–H and O–H groups in total. The first-order chi connectivity index (χ1) is 8.63. The Kier molecular flexibility index (Phi) is 4.15. The van der Waals surface area contributed by atoms with Crippen molar-refractivity contribution in [3.05, 3.63) is 30.1 Å². The first-order valence-electron chi connectivity index (χ1n) is 6.06. The molecule has 1 aliphatic heterocycles. The summed E-state index contributed by atoms with van der Waals surface area (Å²) < 4.78 is 18.7. The summed E-state index contributed by atoms with van der Waals surface area (Å²) in [4.78, 5) is 11.0. The first-order valence-corrected chi connectivity index (χ1v) is 6.06. The van der Waals surface area contributed by atoms with Gasteiger partial charge in [0, 0.05) is 32.0 Å². The molecule has 1 aromatic rings. The van der Waals surface area contributed by atoms with Gasteiger partial charge in [-0.1, -0.05) is 6.07 Å². The lowest BCUT2D eigenvalue weighted by atomic mass is 10.1. The van der Waals surface area contributed by atoms with Crippen LogP contribution in [-0.4, -0.2) is 24.7 Å². The maximum Gasteiger partial charge on any atom is 0.217 e. The van der Waals surface area contributed by atoms with E-state index in [2.05, 4.69) is 10.6 Å². The minimum Gasteiger partial charge on any atom is -0.475 e. The Hall–Kier alpha value is -1.62. The number of carbonyl (C=O) groups excluding carboxylic acids is 1. The number of hydrogen-bond acceptors (Lipinski definition) is 3. The second-order valence-corrected chi connectivity index (χ2v) is 4.44. The summed E-state index contributed by atoms with van der Waals surface area (Å²) in [6.45, 7) is 2.27. The number of halogens is 1. The minimum absolute atomic E-state index is 0.0357. The van der Waals surface area contributed by atoms with Gasteiger partial charge >= 0.3 is 0 Å². The summed E-state index contributed by atoms with van der Waals surface area (Å²) in [5, 5.41) is 6.07. The highest BCUT2D eigenvalue weighted by Gasteiger charge is 2.23. The molecule has 5 heteroatoms. The van der Waals surface area contributed by atoms with Crippen LogP contribution in [0.3, 0.4) is 0 Å². The van der Waals surface area contributed by atoms with Gasteiger partial charge in [0.15, 0.2) is 6.23 Å². The Morgan fingerprint density at radius 2 is 2.39 bits per heavy atom. The lowest BCUT2D eigenvalue weighted by Gasteiger charge is -2.30. The van der Waals surface area contributed by atoms with E-state index in [1.807, 2.05) is 0 Å². The van der Waals surface area contributed by atoms with Gasteiger partial charge in [-0.15, -0.1) is 0 Å². The topological polar surface area (TPSA) is 50.4 Å². The molecule has 1 heterocycles. The van der Waals surface area contributed by atoms with Crippen molar-refractivity contribution in [2.75, 3.05) is 6.54 Å². The van der Waals surface area contributed by atoms with E-state index < -0.39 is 0 Å². The number of hydrogen-bond donors (Lipinski definition) is 2. The van der Waals surface area contributed by atoms with Crippen molar-refractivity contribution in [1.29, 1.82) is 0 Å². The van der Waals surface area contributed by atoms with Crippen LogP contribution in [0.2, 0.25) is 0 Å². The van der Waals surface area contributed by atoms with E-state index in [0.717, 1.165) is 13.0 Å². The van der Waals surface area contributed by atoms with Crippen molar-refractivity contribution in [3.63, 3.8) is 0 Å². The van der Waals surface area contributed by atoms with Gasteiger partial charge in [0.05, 0.1) is 0 Å². The second kappa shape index (κ2) is 5.82. The molecule has 1 saturated heterocycles. The Morgan fingerprint density at radius 3 is 3.11 bits per heavy atom. The van der Waals surface area contributed by atoms with E-state index >= 15 is 0 Å². The van der Waals surface area contributed by atoms with Crippen molar-refractivity contribution in [2.24, 2.45) is 0 Å². The SMILES string of the molecule is CC(=O)NC1CCNC(Oc2cccc(F)c2)C1. The first kappa shape index (κ1) is 12.8. The lowest BCUT2D eigenvalue weighted by molar-refractivity contribution is -0.120. The van der Waals surface area contributed by atoms with Crippen LogP contribution in [0.25, 0.3) is 0 Å². The highest BCUT2D eigenvalue weighted by Crippen LogP contribution is 2.17. The summed E-state index contributed by atoms with van der Waals surface area (Å²) in [5.74, 6) is 0.143. The molecule has 0 bridgehead atoms. The van der Waals surface area contributed by atoms with Crippen molar-refractivity contribution in [3.8, 4) is 5.75 Å². The van der Waals surface area contributed by atoms with Crippen molar-refractivity contribution >= 4 is 5.91 Å². The molecule has 0 saturated carbocycles. The molecule has 1 amide bonds. The zero-order valence-electron chi connectivity index (χ0n) is 10.3. The van der Waals surface area contributed by atoms with E-state index in [9.17, 15) is 9.18 Å². The van der Waals surface area contributed by atoms with Crippen molar-refractivity contribution in [1.82, 2.24) is 10.6 Å². The van der Waals surface area contributed by atoms with Gasteiger partial charge in [-0.05, 0) is 18.6 Å². The van der Waals surface area contributed by atoms with E-state index in [1.165, 1.54) is 19.1 Å². The predicted octanol–water partition coefficient (Wildman–Crippen LogP) is 1.42. The smallest absolute Gasteiger partial charge is 0.217 e. The number of nitrogens with one attached hydrogen (secondary N) is 2. The van der Waals surface area contributed by atoms with Crippen molar-refractivity contribution in [2.45, 2.75) is 32.0 Å². The number of rotatable bonds is 3. The normalized spacial score (nSPS) is 23.4. The van der Waals surface area contributed by atoms with Crippen LogP contribution in [0.5, 0.6) is 5.75 Å². The van der Waals surface area contributed by atoms with E-state index in [-0.39, 0.29) is 24.0 Å². The predicted molar refractivity (Wildman–Crippen MR) is 65.7 cm³/mol. The number of carbonyl (C=O) groups is 1. The molecule has 1 aromatic carbocycles. The maximum atomic E-state index is 13.0. The third kappa shape index (κ3) is 3.70. The Balaban J connectivity index is 1.91. The zero-order chi connectivity index (χ0) is 13.0. The molecule has 0 aliphatic carbocycles. The van der Waals surface area contributed by atoms with E-state index in [0.29, 0.717) is 12.2 Å². The number of piperidine rings is 1. The maximum absolute atomic E-state index is 13.0. The highest BCUT2D eigenvalue weighted by atomic mass is 19.1. The fourth-order valence-electron chi connectivity index (χ4n) is 2.09. The second-order valence-electron chi connectivity index (χ2n) is 4.44. The molecule has 1 aliphatic rings. The monoisotopic (exact) mass is 252 g/mol. The Labute approximate surface area is 106 Å².